The molecule has 1 aromatic rings. The van der Waals surface area contributed by atoms with Crippen molar-refractivity contribution >= 4 is 0 Å². The minimum absolute atomic E-state index is 0.0975. The number of nitrogens with zero attached hydrogens (tertiary/aromatic N) is 1. The normalized spacial score (nSPS) is 11.9. The van der Waals surface area contributed by atoms with Gasteiger partial charge in [0.1, 0.15) is 6.07 Å². The molecule has 0 saturated carbocycles. The van der Waals surface area contributed by atoms with Crippen molar-refractivity contribution in [3.8, 4) is 17.6 Å². The van der Waals surface area contributed by atoms with E-state index in [1.54, 1.807) is 6.92 Å². The maximum atomic E-state index is 9.47. The fraction of sp³-hybridized carbons (Fsp3) is 0.300. The van der Waals surface area contributed by atoms with E-state index in [2.05, 4.69) is 0 Å². The van der Waals surface area contributed by atoms with Gasteiger partial charge in [0.05, 0.1) is 18.8 Å². The third-order valence-electron chi connectivity index (χ3n) is 1.92. The van der Waals surface area contributed by atoms with E-state index in [0.717, 1.165) is 0 Å². The van der Waals surface area contributed by atoms with Crippen LogP contribution in [-0.2, 0) is 0 Å². The second-order valence-electron chi connectivity index (χ2n) is 2.91. The van der Waals surface area contributed by atoms with Gasteiger partial charge in [-0.3, -0.25) is 0 Å². The Morgan fingerprint density at radius 3 is 2.57 bits per heavy atom. The minimum atomic E-state index is -0.698. The van der Waals surface area contributed by atoms with E-state index in [9.17, 15) is 10.2 Å². The van der Waals surface area contributed by atoms with Crippen LogP contribution in [0.3, 0.4) is 0 Å². The Morgan fingerprint density at radius 2 is 2.14 bits per heavy atom. The van der Waals surface area contributed by atoms with Gasteiger partial charge in [-0.05, 0) is 24.6 Å². The molecule has 1 unspecified atom stereocenters. The number of ether oxygens (including phenoxy) is 1. The predicted octanol–water partition coefficient (Wildman–Crippen LogP) is 1.33. The van der Waals surface area contributed by atoms with Crippen molar-refractivity contribution in [2.24, 2.45) is 0 Å². The molecule has 2 N–H and O–H groups in total. The average Bonchev–Trinajstić information content (AvgIpc) is 2.17. The van der Waals surface area contributed by atoms with Crippen molar-refractivity contribution in [2.75, 3.05) is 7.11 Å². The SMILES string of the molecule is COc1cc(C(C)O)cc(C#N)c1O. The highest BCUT2D eigenvalue weighted by Crippen LogP contribution is 2.32. The van der Waals surface area contributed by atoms with Crippen LogP contribution in [0.2, 0.25) is 0 Å². The van der Waals surface area contributed by atoms with E-state index >= 15 is 0 Å². The molecule has 4 heteroatoms. The quantitative estimate of drug-likeness (QED) is 0.743. The van der Waals surface area contributed by atoms with Gasteiger partial charge in [0.25, 0.3) is 0 Å². The number of phenolic OH excluding ortho intramolecular Hbond substituents is 1. The van der Waals surface area contributed by atoms with Crippen LogP contribution in [0.4, 0.5) is 0 Å². The average molecular weight is 193 g/mol. The van der Waals surface area contributed by atoms with Crippen LogP contribution >= 0.6 is 0 Å². The number of methoxy groups -OCH3 is 1. The lowest BCUT2D eigenvalue weighted by atomic mass is 10.1. The van der Waals surface area contributed by atoms with E-state index in [4.69, 9.17) is 10.00 Å². The van der Waals surface area contributed by atoms with Gasteiger partial charge in [0, 0.05) is 0 Å². The largest absolute Gasteiger partial charge is 0.503 e. The van der Waals surface area contributed by atoms with Gasteiger partial charge in [-0.1, -0.05) is 0 Å². The highest BCUT2D eigenvalue weighted by atomic mass is 16.5. The van der Waals surface area contributed by atoms with Crippen LogP contribution < -0.4 is 4.74 Å². The molecule has 0 aromatic heterocycles. The van der Waals surface area contributed by atoms with Gasteiger partial charge in [-0.25, -0.2) is 0 Å². The zero-order valence-corrected chi connectivity index (χ0v) is 7.98. The maximum absolute atomic E-state index is 9.47. The molecular formula is C10H11NO3. The Bertz CT molecular complexity index is 380. The molecule has 0 spiro atoms. The van der Waals surface area contributed by atoms with Gasteiger partial charge < -0.3 is 14.9 Å². The summed E-state index contributed by atoms with van der Waals surface area (Å²) in [4.78, 5) is 0. The van der Waals surface area contributed by atoms with Crippen LogP contribution in [0, 0.1) is 11.3 Å². The van der Waals surface area contributed by atoms with Gasteiger partial charge in [0.15, 0.2) is 11.5 Å². The zero-order chi connectivity index (χ0) is 10.7. The van der Waals surface area contributed by atoms with Crippen LogP contribution in [0.15, 0.2) is 12.1 Å². The van der Waals surface area contributed by atoms with Crippen LogP contribution in [0.5, 0.6) is 11.5 Å². The Morgan fingerprint density at radius 1 is 1.50 bits per heavy atom. The summed E-state index contributed by atoms with van der Waals surface area (Å²) in [5.41, 5.74) is 0.636. The van der Waals surface area contributed by atoms with E-state index in [1.165, 1.54) is 19.2 Å². The Balaban J connectivity index is 3.34. The van der Waals surface area contributed by atoms with E-state index < -0.39 is 6.10 Å². The topological polar surface area (TPSA) is 73.5 Å². The molecule has 0 fully saturated rings. The molecule has 4 nitrogen and oxygen atoms in total. The smallest absolute Gasteiger partial charge is 0.175 e. The highest BCUT2D eigenvalue weighted by Gasteiger charge is 2.12. The number of aliphatic hydroxyl groups is 1. The summed E-state index contributed by atoms with van der Waals surface area (Å²) in [6.45, 7) is 1.58. The summed E-state index contributed by atoms with van der Waals surface area (Å²) in [6.07, 6.45) is -0.698. The van der Waals surface area contributed by atoms with Gasteiger partial charge in [-0.2, -0.15) is 5.26 Å². The molecule has 0 aliphatic heterocycles. The fourth-order valence-corrected chi connectivity index (χ4v) is 1.11. The van der Waals surface area contributed by atoms with Crippen molar-refractivity contribution in [1.29, 1.82) is 5.26 Å². The van der Waals surface area contributed by atoms with Crippen LogP contribution in [0.1, 0.15) is 24.2 Å². The first kappa shape index (κ1) is 10.4. The summed E-state index contributed by atoms with van der Waals surface area (Å²) in [5, 5.41) is 27.5. The number of benzene rings is 1. The molecule has 0 radical (unpaired) electrons. The number of hydrogen-bond acceptors (Lipinski definition) is 4. The fourth-order valence-electron chi connectivity index (χ4n) is 1.11. The second-order valence-corrected chi connectivity index (χ2v) is 2.91. The Hall–Kier alpha value is -1.73. The zero-order valence-electron chi connectivity index (χ0n) is 7.98. The van der Waals surface area contributed by atoms with Crippen molar-refractivity contribution in [1.82, 2.24) is 0 Å². The van der Waals surface area contributed by atoms with Gasteiger partial charge in [0.2, 0.25) is 0 Å². The summed E-state index contributed by atoms with van der Waals surface area (Å²) in [7, 11) is 1.39. The molecule has 1 atom stereocenters. The summed E-state index contributed by atoms with van der Waals surface area (Å²) in [5.74, 6) is -0.000602. The monoisotopic (exact) mass is 193 g/mol. The Kier molecular flexibility index (Phi) is 2.95. The molecular weight excluding hydrogens is 182 g/mol. The van der Waals surface area contributed by atoms with Gasteiger partial charge in [-0.15, -0.1) is 0 Å². The molecule has 0 amide bonds. The second kappa shape index (κ2) is 3.99. The number of nitriles is 1. The number of rotatable bonds is 2. The molecule has 1 rings (SSSR count). The molecule has 74 valence electrons. The predicted molar refractivity (Wildman–Crippen MR) is 50.0 cm³/mol. The van der Waals surface area contributed by atoms with Crippen molar-refractivity contribution < 1.29 is 14.9 Å². The number of hydrogen-bond donors (Lipinski definition) is 2. The summed E-state index contributed by atoms with van der Waals surface area (Å²) < 4.78 is 4.87. The lowest BCUT2D eigenvalue weighted by Gasteiger charge is -2.09. The minimum Gasteiger partial charge on any atom is -0.503 e. The van der Waals surface area contributed by atoms with Crippen molar-refractivity contribution in [3.05, 3.63) is 23.3 Å². The number of aromatic hydroxyl groups is 1. The third-order valence-corrected chi connectivity index (χ3v) is 1.92. The molecule has 0 aliphatic carbocycles. The molecule has 0 bridgehead atoms. The first-order chi connectivity index (χ1) is 6.60. The van der Waals surface area contributed by atoms with E-state index in [1.807, 2.05) is 6.07 Å². The molecule has 0 saturated heterocycles. The number of phenols is 1. The highest BCUT2D eigenvalue weighted by molar-refractivity contribution is 5.54. The standard InChI is InChI=1S/C10H11NO3/c1-6(12)7-3-8(5-11)10(13)9(4-7)14-2/h3-4,6,12-13H,1-2H3. The Labute approximate surface area is 82.0 Å². The molecule has 0 heterocycles. The van der Waals surface area contributed by atoms with Crippen molar-refractivity contribution in [2.45, 2.75) is 13.0 Å². The van der Waals surface area contributed by atoms with E-state index in [-0.39, 0.29) is 17.1 Å². The van der Waals surface area contributed by atoms with Crippen molar-refractivity contribution in [3.63, 3.8) is 0 Å². The third kappa shape index (κ3) is 1.78. The van der Waals surface area contributed by atoms with Crippen LogP contribution in [-0.4, -0.2) is 17.3 Å². The first-order valence-corrected chi connectivity index (χ1v) is 4.09. The molecule has 14 heavy (non-hydrogen) atoms. The molecule has 0 aliphatic rings. The maximum Gasteiger partial charge on any atom is 0.175 e. The summed E-state index contributed by atoms with van der Waals surface area (Å²) in [6, 6.07) is 4.76. The van der Waals surface area contributed by atoms with Gasteiger partial charge >= 0.3 is 0 Å². The summed E-state index contributed by atoms with van der Waals surface area (Å²) >= 11 is 0. The van der Waals surface area contributed by atoms with Crippen LogP contribution in [0.25, 0.3) is 0 Å². The number of aliphatic hydroxyl groups excluding tert-OH is 1. The van der Waals surface area contributed by atoms with E-state index in [0.29, 0.717) is 5.56 Å². The lowest BCUT2D eigenvalue weighted by molar-refractivity contribution is 0.198. The lowest BCUT2D eigenvalue weighted by Crippen LogP contribution is -1.95. The molecule has 1 aromatic carbocycles. The first-order valence-electron chi connectivity index (χ1n) is 4.09.